The standard InChI is InChI=1S/C18H24F2O3/c1-3-5-12-6-8-13(9-7-12)18(21)23-15-11-10-14(22-4-2)16(19)17(15)20/h10-13H,3-9H2,1-2H3/t12-,13-. The lowest BCUT2D eigenvalue weighted by molar-refractivity contribution is -0.140. The number of benzene rings is 1. The van der Waals surface area contributed by atoms with Crippen molar-refractivity contribution in [1.29, 1.82) is 0 Å². The summed E-state index contributed by atoms with van der Waals surface area (Å²) in [6.07, 6.45) is 5.83. The number of hydrogen-bond acceptors (Lipinski definition) is 3. The van der Waals surface area contributed by atoms with Gasteiger partial charge >= 0.3 is 5.97 Å². The van der Waals surface area contributed by atoms with Crippen LogP contribution in [0.25, 0.3) is 0 Å². The fraction of sp³-hybridized carbons (Fsp3) is 0.611. The maximum absolute atomic E-state index is 13.9. The number of hydrogen-bond donors (Lipinski definition) is 0. The Labute approximate surface area is 136 Å². The molecule has 5 heteroatoms. The summed E-state index contributed by atoms with van der Waals surface area (Å²) in [6.45, 7) is 4.07. The summed E-state index contributed by atoms with van der Waals surface area (Å²) in [7, 11) is 0. The molecule has 0 radical (unpaired) electrons. The van der Waals surface area contributed by atoms with Crippen LogP contribution in [0.5, 0.6) is 11.5 Å². The van der Waals surface area contributed by atoms with E-state index in [4.69, 9.17) is 9.47 Å². The molecular weight excluding hydrogens is 302 g/mol. The van der Waals surface area contributed by atoms with Crippen molar-refractivity contribution < 1.29 is 23.0 Å². The molecule has 0 N–H and O–H groups in total. The van der Waals surface area contributed by atoms with Gasteiger partial charge in [-0.2, -0.15) is 8.78 Å². The summed E-state index contributed by atoms with van der Waals surface area (Å²) in [5.41, 5.74) is 0. The zero-order valence-corrected chi connectivity index (χ0v) is 13.7. The van der Waals surface area contributed by atoms with Crippen LogP contribution in [0.1, 0.15) is 52.4 Å². The minimum absolute atomic E-state index is 0.176. The van der Waals surface area contributed by atoms with E-state index in [1.165, 1.54) is 18.6 Å². The lowest BCUT2D eigenvalue weighted by Gasteiger charge is -2.26. The Hall–Kier alpha value is -1.65. The van der Waals surface area contributed by atoms with E-state index in [1.54, 1.807) is 6.92 Å². The van der Waals surface area contributed by atoms with Crippen molar-refractivity contribution in [3.63, 3.8) is 0 Å². The van der Waals surface area contributed by atoms with Crippen molar-refractivity contribution in [3.8, 4) is 11.5 Å². The summed E-state index contributed by atoms with van der Waals surface area (Å²) >= 11 is 0. The highest BCUT2D eigenvalue weighted by atomic mass is 19.2. The zero-order chi connectivity index (χ0) is 16.8. The van der Waals surface area contributed by atoms with E-state index in [0.29, 0.717) is 5.92 Å². The number of rotatable bonds is 6. The first-order valence-corrected chi connectivity index (χ1v) is 8.39. The molecule has 0 aliphatic heterocycles. The Morgan fingerprint density at radius 1 is 1.09 bits per heavy atom. The van der Waals surface area contributed by atoms with Crippen LogP contribution < -0.4 is 9.47 Å². The molecule has 0 saturated heterocycles. The third-order valence-electron chi connectivity index (χ3n) is 4.40. The second-order valence-electron chi connectivity index (χ2n) is 6.05. The number of ether oxygens (including phenoxy) is 2. The van der Waals surface area contributed by atoms with Crippen molar-refractivity contribution >= 4 is 5.97 Å². The molecule has 23 heavy (non-hydrogen) atoms. The topological polar surface area (TPSA) is 35.5 Å². The number of carbonyl (C=O) groups is 1. The molecule has 2 rings (SSSR count). The summed E-state index contributed by atoms with van der Waals surface area (Å²) in [6, 6.07) is 2.52. The van der Waals surface area contributed by atoms with Gasteiger partial charge in [-0.25, -0.2) is 0 Å². The van der Waals surface area contributed by atoms with Gasteiger partial charge in [0.1, 0.15) is 0 Å². The predicted molar refractivity (Wildman–Crippen MR) is 83.5 cm³/mol. The highest BCUT2D eigenvalue weighted by molar-refractivity contribution is 5.75. The number of carbonyl (C=O) groups excluding carboxylic acids is 1. The van der Waals surface area contributed by atoms with Gasteiger partial charge in [0.05, 0.1) is 12.5 Å². The quantitative estimate of drug-likeness (QED) is 0.552. The van der Waals surface area contributed by atoms with E-state index in [2.05, 4.69) is 6.92 Å². The summed E-state index contributed by atoms with van der Waals surface area (Å²) < 4.78 is 37.8. The Kier molecular flexibility index (Phi) is 6.37. The Balaban J connectivity index is 1.97. The van der Waals surface area contributed by atoms with Gasteiger partial charge in [-0.1, -0.05) is 19.8 Å². The molecule has 0 heterocycles. The third kappa shape index (κ3) is 4.43. The molecular formula is C18H24F2O3. The molecule has 0 spiro atoms. The minimum Gasteiger partial charge on any atom is -0.491 e. The average molecular weight is 326 g/mol. The average Bonchev–Trinajstić information content (AvgIpc) is 2.55. The van der Waals surface area contributed by atoms with E-state index in [1.807, 2.05) is 0 Å². The predicted octanol–water partition coefficient (Wildman–Crippen LogP) is 4.88. The monoisotopic (exact) mass is 326 g/mol. The van der Waals surface area contributed by atoms with Crippen LogP contribution in [0.4, 0.5) is 8.78 Å². The highest BCUT2D eigenvalue weighted by Gasteiger charge is 2.28. The van der Waals surface area contributed by atoms with Crippen LogP contribution in [-0.2, 0) is 4.79 Å². The number of halogens is 2. The van der Waals surface area contributed by atoms with Crippen LogP contribution in [-0.4, -0.2) is 12.6 Å². The maximum atomic E-state index is 13.9. The smallest absolute Gasteiger partial charge is 0.314 e. The van der Waals surface area contributed by atoms with Crippen molar-refractivity contribution in [2.24, 2.45) is 11.8 Å². The van der Waals surface area contributed by atoms with E-state index in [-0.39, 0.29) is 24.0 Å². The molecule has 1 saturated carbocycles. The highest BCUT2D eigenvalue weighted by Crippen LogP contribution is 2.33. The Morgan fingerprint density at radius 2 is 1.70 bits per heavy atom. The lowest BCUT2D eigenvalue weighted by Crippen LogP contribution is -2.26. The second kappa shape index (κ2) is 8.27. The van der Waals surface area contributed by atoms with Crippen molar-refractivity contribution in [2.75, 3.05) is 6.61 Å². The van der Waals surface area contributed by atoms with Gasteiger partial charge in [-0.15, -0.1) is 0 Å². The first kappa shape index (κ1) is 17.7. The van der Waals surface area contributed by atoms with Crippen LogP contribution in [0.15, 0.2) is 12.1 Å². The molecule has 1 aliphatic rings. The summed E-state index contributed by atoms with van der Waals surface area (Å²) in [5.74, 6) is -2.87. The van der Waals surface area contributed by atoms with Gasteiger partial charge in [-0.3, -0.25) is 4.79 Å². The van der Waals surface area contributed by atoms with Crippen molar-refractivity contribution in [1.82, 2.24) is 0 Å². The van der Waals surface area contributed by atoms with Crippen LogP contribution in [0.3, 0.4) is 0 Å². The van der Waals surface area contributed by atoms with Crippen molar-refractivity contribution in [3.05, 3.63) is 23.8 Å². The number of esters is 1. The molecule has 0 bridgehead atoms. The van der Waals surface area contributed by atoms with Gasteiger partial charge in [0, 0.05) is 0 Å². The largest absolute Gasteiger partial charge is 0.491 e. The normalized spacial score (nSPS) is 21.0. The van der Waals surface area contributed by atoms with Crippen LogP contribution in [0, 0.1) is 23.5 Å². The SMILES string of the molecule is CCC[C@H]1CC[C@H](C(=O)Oc2ccc(OCC)c(F)c2F)CC1. The molecule has 128 valence electrons. The molecule has 1 aromatic rings. The fourth-order valence-electron chi connectivity index (χ4n) is 3.15. The third-order valence-corrected chi connectivity index (χ3v) is 4.40. The maximum Gasteiger partial charge on any atom is 0.314 e. The molecule has 0 unspecified atom stereocenters. The molecule has 0 atom stereocenters. The Morgan fingerprint density at radius 3 is 2.30 bits per heavy atom. The van der Waals surface area contributed by atoms with Crippen LogP contribution >= 0.6 is 0 Å². The molecule has 1 aliphatic carbocycles. The zero-order valence-electron chi connectivity index (χ0n) is 13.7. The van der Waals surface area contributed by atoms with Gasteiger partial charge in [-0.05, 0) is 50.7 Å². The van der Waals surface area contributed by atoms with E-state index in [0.717, 1.165) is 32.1 Å². The minimum atomic E-state index is -1.18. The van der Waals surface area contributed by atoms with Gasteiger partial charge in [0.25, 0.3) is 0 Å². The molecule has 0 amide bonds. The molecule has 1 aromatic carbocycles. The lowest BCUT2D eigenvalue weighted by atomic mass is 9.80. The van der Waals surface area contributed by atoms with Crippen LogP contribution in [0.2, 0.25) is 0 Å². The van der Waals surface area contributed by atoms with Gasteiger partial charge in [0.15, 0.2) is 11.5 Å². The molecule has 1 fully saturated rings. The summed E-state index contributed by atoms with van der Waals surface area (Å²) in [5, 5.41) is 0. The first-order chi connectivity index (χ1) is 11.1. The molecule has 3 nitrogen and oxygen atoms in total. The van der Waals surface area contributed by atoms with E-state index >= 15 is 0 Å². The van der Waals surface area contributed by atoms with Gasteiger partial charge in [0.2, 0.25) is 11.6 Å². The summed E-state index contributed by atoms with van der Waals surface area (Å²) in [4.78, 5) is 12.2. The van der Waals surface area contributed by atoms with E-state index in [9.17, 15) is 13.6 Å². The van der Waals surface area contributed by atoms with E-state index < -0.39 is 17.6 Å². The fourth-order valence-corrected chi connectivity index (χ4v) is 3.15. The molecule has 0 aromatic heterocycles. The van der Waals surface area contributed by atoms with Gasteiger partial charge < -0.3 is 9.47 Å². The van der Waals surface area contributed by atoms with Crippen molar-refractivity contribution in [2.45, 2.75) is 52.4 Å². The second-order valence-corrected chi connectivity index (χ2v) is 6.05. The first-order valence-electron chi connectivity index (χ1n) is 8.39. The Bertz CT molecular complexity index is 537.